The predicted octanol–water partition coefficient (Wildman–Crippen LogP) is 4.32. The van der Waals surface area contributed by atoms with E-state index in [0.717, 1.165) is 75.5 Å². The number of urea groups is 1. The molecule has 3 aliphatic carbocycles. The Morgan fingerprint density at radius 1 is 1.06 bits per heavy atom. The number of halogens is 1. The van der Waals surface area contributed by atoms with Gasteiger partial charge in [-0.1, -0.05) is 12.1 Å². The van der Waals surface area contributed by atoms with Crippen LogP contribution in [0, 0.1) is 22.6 Å². The van der Waals surface area contributed by atoms with E-state index in [1.165, 1.54) is 18.9 Å². The summed E-state index contributed by atoms with van der Waals surface area (Å²) in [7, 11) is -2.44. The Labute approximate surface area is 211 Å². The Hall–Kier alpha value is -2.21. The monoisotopic (exact) mass is 511 g/mol. The number of benzene rings is 1. The molecule has 7 rings (SSSR count). The van der Waals surface area contributed by atoms with Crippen LogP contribution in [-0.2, 0) is 11.0 Å². The maximum atomic E-state index is 14.6. The number of hydrogen-bond donors (Lipinski definition) is 1. The average molecular weight is 512 g/mol. The number of aromatic nitrogens is 3. The number of aromatic amines is 1. The van der Waals surface area contributed by atoms with Crippen molar-refractivity contribution in [3.05, 3.63) is 41.2 Å². The molecule has 2 aliphatic heterocycles. The third kappa shape index (κ3) is 3.82. The van der Waals surface area contributed by atoms with Gasteiger partial charge in [-0.3, -0.25) is 5.10 Å². The van der Waals surface area contributed by atoms with Crippen molar-refractivity contribution in [3.63, 3.8) is 0 Å². The van der Waals surface area contributed by atoms with Gasteiger partial charge in [-0.15, -0.1) is 0 Å². The molecule has 0 bridgehead atoms. The summed E-state index contributed by atoms with van der Waals surface area (Å²) in [5, 5.41) is 8.15. The van der Waals surface area contributed by atoms with Gasteiger partial charge >= 0.3 is 6.03 Å². The normalized spacial score (nSPS) is 24.9. The van der Waals surface area contributed by atoms with Crippen molar-refractivity contribution < 1.29 is 13.8 Å². The molecule has 5 fully saturated rings. The quantitative estimate of drug-likeness (QED) is 0.606. The number of likely N-dealkylation sites (tertiary alicyclic amines) is 2. The summed E-state index contributed by atoms with van der Waals surface area (Å²) in [5.41, 5.74) is 1.26. The molecule has 1 N–H and O–H groups in total. The first-order chi connectivity index (χ1) is 17.1. The molecule has 192 valence electrons. The molecular formula is C27H35FN5O2P. The number of carbonyl (C=O) groups is 1. The van der Waals surface area contributed by atoms with Crippen molar-refractivity contribution in [2.45, 2.75) is 56.8 Å². The van der Waals surface area contributed by atoms with Crippen molar-refractivity contribution in [2.24, 2.45) is 16.7 Å². The van der Waals surface area contributed by atoms with Crippen LogP contribution in [0.2, 0.25) is 0 Å². The second-order valence-corrected chi connectivity index (χ2v) is 16.3. The highest BCUT2D eigenvalue weighted by molar-refractivity contribution is 7.70. The Morgan fingerprint density at radius 2 is 1.69 bits per heavy atom. The number of nitrogens with one attached hydrogen (secondary N) is 1. The summed E-state index contributed by atoms with van der Waals surface area (Å²) in [4.78, 5) is 21.7. The lowest BCUT2D eigenvalue weighted by Gasteiger charge is -2.63. The van der Waals surface area contributed by atoms with E-state index in [1.54, 1.807) is 13.3 Å². The summed E-state index contributed by atoms with van der Waals surface area (Å²) in [5.74, 6) is 3.32. The molecule has 0 radical (unpaired) electrons. The van der Waals surface area contributed by atoms with Crippen molar-refractivity contribution >= 4 is 18.5 Å². The van der Waals surface area contributed by atoms with Crippen LogP contribution in [0.5, 0.6) is 0 Å². The Morgan fingerprint density at radius 3 is 2.28 bits per heavy atom. The van der Waals surface area contributed by atoms with Crippen LogP contribution in [-0.4, -0.2) is 70.5 Å². The fourth-order valence-electron chi connectivity index (χ4n) is 7.34. The van der Waals surface area contributed by atoms with Gasteiger partial charge < -0.3 is 14.4 Å². The van der Waals surface area contributed by atoms with Gasteiger partial charge in [0.15, 0.2) is 5.82 Å². The van der Waals surface area contributed by atoms with E-state index in [0.29, 0.717) is 28.5 Å². The van der Waals surface area contributed by atoms with Gasteiger partial charge in [0.2, 0.25) is 0 Å². The Bertz CT molecular complexity index is 1250. The minimum Gasteiger partial charge on any atom is -0.323 e. The maximum absolute atomic E-state index is 14.6. The van der Waals surface area contributed by atoms with E-state index in [1.807, 2.05) is 21.9 Å². The van der Waals surface area contributed by atoms with Crippen molar-refractivity contribution in [2.75, 3.05) is 39.5 Å². The van der Waals surface area contributed by atoms with E-state index in [-0.39, 0.29) is 17.3 Å². The molecule has 9 heteroatoms. The molecule has 7 nitrogen and oxygen atoms in total. The van der Waals surface area contributed by atoms with Gasteiger partial charge in [0.1, 0.15) is 18.8 Å². The molecule has 1 aromatic carbocycles. The third-order valence-corrected chi connectivity index (χ3v) is 11.0. The lowest BCUT2D eigenvalue weighted by atomic mass is 9.56. The van der Waals surface area contributed by atoms with Gasteiger partial charge in [0, 0.05) is 54.1 Å². The van der Waals surface area contributed by atoms with Gasteiger partial charge in [-0.05, 0) is 75.8 Å². The van der Waals surface area contributed by atoms with Crippen LogP contribution in [0.25, 0.3) is 0 Å². The zero-order chi connectivity index (χ0) is 24.9. The zero-order valence-electron chi connectivity index (χ0n) is 21.2. The van der Waals surface area contributed by atoms with Crippen molar-refractivity contribution in [1.82, 2.24) is 25.0 Å². The van der Waals surface area contributed by atoms with Crippen molar-refractivity contribution in [3.8, 4) is 0 Å². The first-order valence-electron chi connectivity index (χ1n) is 13.4. The lowest BCUT2D eigenvalue weighted by Crippen LogP contribution is -2.71. The molecule has 2 amide bonds. The standard InChI is InChI=1S/C27H35FN5O2P/c1-36(2,35)21-6-5-19(22(28)8-21)7-17-9-26(10-17)13-32(14-26)25(34)33-15-27(16-33)11-20(12-27)24-29-23(30-31-24)18-3-4-18/h5-6,8,17-18,20H,3-4,7,9-16H2,1-2H3,(H,29,30,31). The van der Waals surface area contributed by atoms with Gasteiger partial charge in [-0.2, -0.15) is 5.10 Å². The van der Waals surface area contributed by atoms with E-state index in [9.17, 15) is 13.8 Å². The Balaban J connectivity index is 0.852. The van der Waals surface area contributed by atoms with Gasteiger partial charge in [0.25, 0.3) is 0 Å². The molecule has 5 aliphatic rings. The second kappa shape index (κ2) is 7.66. The first-order valence-corrected chi connectivity index (χ1v) is 16.0. The Kier molecular flexibility index (Phi) is 4.88. The minimum absolute atomic E-state index is 0.194. The van der Waals surface area contributed by atoms with Crippen LogP contribution in [0.4, 0.5) is 9.18 Å². The topological polar surface area (TPSA) is 82.2 Å². The molecule has 0 atom stereocenters. The highest BCUT2D eigenvalue weighted by Crippen LogP contribution is 2.57. The average Bonchev–Trinajstić information content (AvgIpc) is 3.44. The number of rotatable bonds is 5. The molecule has 3 saturated carbocycles. The largest absolute Gasteiger partial charge is 0.323 e. The number of amides is 2. The number of carbonyl (C=O) groups excluding carboxylic acids is 1. The molecule has 0 unspecified atom stereocenters. The molecule has 36 heavy (non-hydrogen) atoms. The fourth-order valence-corrected chi connectivity index (χ4v) is 8.20. The maximum Gasteiger partial charge on any atom is 0.320 e. The van der Waals surface area contributed by atoms with E-state index >= 15 is 0 Å². The molecule has 2 spiro atoms. The van der Waals surface area contributed by atoms with Gasteiger partial charge in [-0.25, -0.2) is 14.2 Å². The zero-order valence-corrected chi connectivity index (χ0v) is 22.1. The highest BCUT2D eigenvalue weighted by Gasteiger charge is 2.58. The molecule has 1 aromatic heterocycles. The van der Waals surface area contributed by atoms with Gasteiger partial charge in [0.05, 0.1) is 0 Å². The van der Waals surface area contributed by atoms with Crippen LogP contribution in [0.3, 0.4) is 0 Å². The lowest BCUT2D eigenvalue weighted by molar-refractivity contribution is -0.100. The molecule has 3 heterocycles. The summed E-state index contributed by atoms with van der Waals surface area (Å²) in [6.07, 6.45) is 7.49. The number of nitrogens with zero attached hydrogens (tertiary/aromatic N) is 4. The number of H-pyrrole nitrogens is 1. The van der Waals surface area contributed by atoms with Crippen LogP contribution >= 0.6 is 7.14 Å². The second-order valence-electron chi connectivity index (χ2n) is 13.1. The molecule has 2 saturated heterocycles. The summed E-state index contributed by atoms with van der Waals surface area (Å²) in [6.45, 7) is 6.77. The van der Waals surface area contributed by atoms with Crippen LogP contribution in [0.15, 0.2) is 18.2 Å². The van der Waals surface area contributed by atoms with E-state index in [4.69, 9.17) is 4.98 Å². The van der Waals surface area contributed by atoms with Crippen molar-refractivity contribution in [1.29, 1.82) is 0 Å². The fraction of sp³-hybridized carbons (Fsp3) is 0.667. The smallest absolute Gasteiger partial charge is 0.320 e. The van der Waals surface area contributed by atoms with Crippen LogP contribution in [0.1, 0.15) is 67.6 Å². The van der Waals surface area contributed by atoms with Crippen LogP contribution < -0.4 is 5.30 Å². The molecular weight excluding hydrogens is 476 g/mol. The first kappa shape index (κ1) is 22.9. The predicted molar refractivity (Wildman–Crippen MR) is 136 cm³/mol. The number of hydrogen-bond acceptors (Lipinski definition) is 4. The summed E-state index contributed by atoms with van der Waals surface area (Å²) < 4.78 is 26.8. The molecule has 2 aromatic rings. The minimum atomic E-state index is -2.44. The SMILES string of the molecule is CP(C)(=O)c1ccc(CC2CC3(C2)CN(C(=O)N2CC4(CC(c5nc(C6CC6)n[nH]5)C4)C2)C3)c(F)c1. The highest BCUT2D eigenvalue weighted by atomic mass is 31.2. The third-order valence-electron chi connectivity index (χ3n) is 9.46. The summed E-state index contributed by atoms with van der Waals surface area (Å²) in [6, 6.07) is 5.28. The summed E-state index contributed by atoms with van der Waals surface area (Å²) >= 11 is 0. The van der Waals surface area contributed by atoms with E-state index < -0.39 is 7.14 Å². The van der Waals surface area contributed by atoms with E-state index in [2.05, 4.69) is 10.2 Å².